The fraction of sp³-hybridized carbons (Fsp3) is 0.240. The third-order valence-electron chi connectivity index (χ3n) is 5.37. The molecule has 1 N–H and O–H groups in total. The van der Waals surface area contributed by atoms with Crippen LogP contribution in [-0.4, -0.2) is 64.5 Å². The molecule has 0 radical (unpaired) electrons. The number of fused-ring (bicyclic) bond motifs is 1. The van der Waals surface area contributed by atoms with Crippen LogP contribution in [0.15, 0.2) is 60.8 Å². The quantitative estimate of drug-likeness (QED) is 0.421. The van der Waals surface area contributed by atoms with Gasteiger partial charge in [0.05, 0.1) is 11.0 Å². The molecule has 2 heterocycles. The molecule has 176 valence electrons. The minimum atomic E-state index is -0.293. The Balaban J connectivity index is 1.50. The standard InChI is InChI=1S/C25H27FN6O2/c1-30(2)13-14-31(3)24(33)22-16-20(11-12-27-22)34-19-9-10-23-21(15-19)29-25(32(23)4)28-18-7-5-17(26)6-8-18/h5-12,15-16H,13-14H2,1-4H3,(H,28,29). The largest absolute Gasteiger partial charge is 0.457 e. The van der Waals surface area contributed by atoms with Crippen LogP contribution in [0.5, 0.6) is 11.5 Å². The molecule has 0 aliphatic heterocycles. The molecular weight excluding hydrogens is 435 g/mol. The number of imidazole rings is 1. The number of anilines is 2. The first-order valence-corrected chi connectivity index (χ1v) is 10.8. The lowest BCUT2D eigenvalue weighted by Crippen LogP contribution is -2.33. The van der Waals surface area contributed by atoms with Gasteiger partial charge >= 0.3 is 0 Å². The van der Waals surface area contributed by atoms with Gasteiger partial charge in [-0.25, -0.2) is 9.37 Å². The van der Waals surface area contributed by atoms with Crippen LogP contribution < -0.4 is 10.1 Å². The fourth-order valence-electron chi connectivity index (χ4n) is 3.39. The second kappa shape index (κ2) is 9.88. The van der Waals surface area contributed by atoms with E-state index in [1.54, 1.807) is 42.4 Å². The van der Waals surface area contributed by atoms with Gasteiger partial charge in [0.15, 0.2) is 0 Å². The van der Waals surface area contributed by atoms with E-state index in [4.69, 9.17) is 4.74 Å². The molecular formula is C25H27FN6O2. The predicted octanol–water partition coefficient (Wildman–Crippen LogP) is 4.28. The van der Waals surface area contributed by atoms with Gasteiger partial charge in [0.1, 0.15) is 23.0 Å². The highest BCUT2D eigenvalue weighted by Gasteiger charge is 2.15. The van der Waals surface area contributed by atoms with E-state index in [0.29, 0.717) is 29.7 Å². The summed E-state index contributed by atoms with van der Waals surface area (Å²) in [5.74, 6) is 1.27. The SMILES string of the molecule is CN(C)CCN(C)C(=O)c1cc(Oc2ccc3c(c2)nc(Nc2ccc(F)cc2)n3C)ccn1. The summed E-state index contributed by atoms with van der Waals surface area (Å²) in [5, 5.41) is 3.20. The Hall–Kier alpha value is -3.98. The summed E-state index contributed by atoms with van der Waals surface area (Å²) < 4.78 is 21.1. The number of halogens is 1. The van der Waals surface area contributed by atoms with Gasteiger partial charge in [-0.15, -0.1) is 0 Å². The lowest BCUT2D eigenvalue weighted by Gasteiger charge is -2.19. The number of pyridine rings is 1. The smallest absolute Gasteiger partial charge is 0.272 e. The first-order valence-electron chi connectivity index (χ1n) is 10.8. The molecule has 1 amide bonds. The highest BCUT2D eigenvalue weighted by molar-refractivity contribution is 5.92. The number of hydrogen-bond acceptors (Lipinski definition) is 6. The number of nitrogens with zero attached hydrogens (tertiary/aromatic N) is 5. The van der Waals surface area contributed by atoms with E-state index in [2.05, 4.69) is 15.3 Å². The van der Waals surface area contributed by atoms with Crippen molar-refractivity contribution >= 4 is 28.6 Å². The van der Waals surface area contributed by atoms with E-state index in [-0.39, 0.29) is 11.7 Å². The number of aromatic nitrogens is 3. The average molecular weight is 463 g/mol. The molecule has 9 heteroatoms. The fourth-order valence-corrected chi connectivity index (χ4v) is 3.39. The average Bonchev–Trinajstić information content (AvgIpc) is 3.13. The van der Waals surface area contributed by atoms with Crippen molar-refractivity contribution in [3.05, 3.63) is 72.3 Å². The molecule has 0 aliphatic carbocycles. The number of amides is 1. The Bertz CT molecular complexity index is 1300. The van der Waals surface area contributed by atoms with E-state index in [9.17, 15) is 9.18 Å². The van der Waals surface area contributed by atoms with Crippen LogP contribution in [0.3, 0.4) is 0 Å². The molecule has 2 aromatic carbocycles. The number of carbonyl (C=O) groups is 1. The number of aryl methyl sites for hydroxylation is 1. The Labute approximate surface area is 197 Å². The van der Waals surface area contributed by atoms with Gasteiger partial charge in [-0.1, -0.05) is 0 Å². The molecule has 34 heavy (non-hydrogen) atoms. The summed E-state index contributed by atoms with van der Waals surface area (Å²) in [6, 6.07) is 15.0. The monoisotopic (exact) mass is 462 g/mol. The molecule has 0 atom stereocenters. The Morgan fingerprint density at radius 3 is 2.50 bits per heavy atom. The van der Waals surface area contributed by atoms with Gasteiger partial charge in [0, 0.05) is 51.2 Å². The molecule has 8 nitrogen and oxygen atoms in total. The maximum Gasteiger partial charge on any atom is 0.272 e. The van der Waals surface area contributed by atoms with Crippen LogP contribution in [-0.2, 0) is 7.05 Å². The summed E-state index contributed by atoms with van der Waals surface area (Å²) >= 11 is 0. The van der Waals surface area contributed by atoms with E-state index in [1.807, 2.05) is 48.8 Å². The van der Waals surface area contributed by atoms with Crippen molar-refractivity contribution in [3.63, 3.8) is 0 Å². The molecule has 0 saturated carbocycles. The number of nitrogens with one attached hydrogen (secondary N) is 1. The summed E-state index contributed by atoms with van der Waals surface area (Å²) in [6.45, 7) is 1.36. The number of carbonyl (C=O) groups excluding carboxylic acids is 1. The highest BCUT2D eigenvalue weighted by atomic mass is 19.1. The molecule has 0 spiro atoms. The van der Waals surface area contributed by atoms with Gasteiger partial charge in [0.25, 0.3) is 5.91 Å². The predicted molar refractivity (Wildman–Crippen MR) is 130 cm³/mol. The minimum absolute atomic E-state index is 0.163. The molecule has 2 aromatic heterocycles. The zero-order valence-electron chi connectivity index (χ0n) is 19.6. The Morgan fingerprint density at radius 1 is 1.03 bits per heavy atom. The van der Waals surface area contributed by atoms with Gasteiger partial charge in [-0.2, -0.15) is 0 Å². The van der Waals surface area contributed by atoms with E-state index >= 15 is 0 Å². The zero-order chi connectivity index (χ0) is 24.2. The molecule has 0 aliphatic rings. The zero-order valence-corrected chi connectivity index (χ0v) is 19.6. The second-order valence-corrected chi connectivity index (χ2v) is 8.29. The second-order valence-electron chi connectivity index (χ2n) is 8.29. The summed E-state index contributed by atoms with van der Waals surface area (Å²) in [4.78, 5) is 25.2. The van der Waals surface area contributed by atoms with Crippen molar-refractivity contribution in [1.82, 2.24) is 24.3 Å². The molecule has 4 rings (SSSR count). The first-order chi connectivity index (χ1) is 16.3. The van der Waals surface area contributed by atoms with Gasteiger partial charge in [-0.05, 0) is 56.6 Å². The molecule has 0 fully saturated rings. The molecule has 0 unspecified atom stereocenters. The van der Waals surface area contributed by atoms with Gasteiger partial charge < -0.3 is 24.4 Å². The summed E-state index contributed by atoms with van der Waals surface area (Å²) in [6.07, 6.45) is 1.56. The number of ether oxygens (including phenoxy) is 1. The van der Waals surface area contributed by atoms with Crippen molar-refractivity contribution < 1.29 is 13.9 Å². The lowest BCUT2D eigenvalue weighted by atomic mass is 10.3. The van der Waals surface area contributed by atoms with Crippen LogP contribution in [0.25, 0.3) is 11.0 Å². The van der Waals surface area contributed by atoms with Crippen LogP contribution >= 0.6 is 0 Å². The lowest BCUT2D eigenvalue weighted by molar-refractivity contribution is 0.0780. The minimum Gasteiger partial charge on any atom is -0.457 e. The number of likely N-dealkylation sites (N-methyl/N-ethyl adjacent to an activating group) is 2. The Kier molecular flexibility index (Phi) is 6.74. The normalized spacial score (nSPS) is 11.1. The van der Waals surface area contributed by atoms with Crippen LogP contribution in [0.4, 0.5) is 16.0 Å². The van der Waals surface area contributed by atoms with Crippen molar-refractivity contribution in [3.8, 4) is 11.5 Å². The van der Waals surface area contributed by atoms with Crippen LogP contribution in [0.2, 0.25) is 0 Å². The highest BCUT2D eigenvalue weighted by Crippen LogP contribution is 2.28. The van der Waals surface area contributed by atoms with Crippen molar-refractivity contribution in [2.45, 2.75) is 0 Å². The Morgan fingerprint density at radius 2 is 1.76 bits per heavy atom. The molecule has 0 bridgehead atoms. The topological polar surface area (TPSA) is 75.5 Å². The van der Waals surface area contributed by atoms with Crippen LogP contribution in [0, 0.1) is 5.82 Å². The molecule has 4 aromatic rings. The van der Waals surface area contributed by atoms with Crippen LogP contribution in [0.1, 0.15) is 10.5 Å². The van der Waals surface area contributed by atoms with Gasteiger partial charge in [-0.3, -0.25) is 9.78 Å². The van der Waals surface area contributed by atoms with Crippen molar-refractivity contribution in [1.29, 1.82) is 0 Å². The summed E-state index contributed by atoms with van der Waals surface area (Å²) in [7, 11) is 7.58. The first kappa shape index (κ1) is 23.2. The number of benzene rings is 2. The number of hydrogen-bond donors (Lipinski definition) is 1. The van der Waals surface area contributed by atoms with E-state index < -0.39 is 0 Å². The summed E-state index contributed by atoms with van der Waals surface area (Å²) in [5.41, 5.74) is 2.70. The molecule has 0 saturated heterocycles. The van der Waals surface area contributed by atoms with E-state index in [0.717, 1.165) is 23.3 Å². The van der Waals surface area contributed by atoms with E-state index in [1.165, 1.54) is 12.1 Å². The third-order valence-corrected chi connectivity index (χ3v) is 5.37. The van der Waals surface area contributed by atoms with Crippen molar-refractivity contribution in [2.75, 3.05) is 39.5 Å². The third kappa shape index (κ3) is 5.32. The van der Waals surface area contributed by atoms with Gasteiger partial charge in [0.2, 0.25) is 5.95 Å². The maximum absolute atomic E-state index is 13.2. The van der Waals surface area contributed by atoms with Crippen molar-refractivity contribution in [2.24, 2.45) is 7.05 Å². The maximum atomic E-state index is 13.2. The number of rotatable bonds is 8.